The first-order valence-corrected chi connectivity index (χ1v) is 7.47. The largest absolute Gasteiger partial charge is 0.494 e. The molecule has 0 aromatic heterocycles. The Kier molecular flexibility index (Phi) is 5.89. The zero-order valence-corrected chi connectivity index (χ0v) is 14.2. The van der Waals surface area contributed by atoms with Gasteiger partial charge < -0.3 is 24.3 Å². The van der Waals surface area contributed by atoms with Crippen LogP contribution in [0.4, 0.5) is 5.69 Å². The Morgan fingerprint density at radius 2 is 1.54 bits per heavy atom. The highest BCUT2D eigenvalue weighted by atomic mass is 16.5. The van der Waals surface area contributed by atoms with E-state index in [1.54, 1.807) is 36.4 Å². The fourth-order valence-corrected chi connectivity index (χ4v) is 2.23. The van der Waals surface area contributed by atoms with Crippen molar-refractivity contribution in [3.05, 3.63) is 42.0 Å². The number of carbonyl (C=O) groups is 1. The fourth-order valence-electron chi connectivity index (χ4n) is 2.23. The van der Waals surface area contributed by atoms with Crippen LogP contribution in [0.5, 0.6) is 23.0 Å². The van der Waals surface area contributed by atoms with Gasteiger partial charge in [-0.05, 0) is 31.2 Å². The molecule has 0 atom stereocenters. The Hall–Kier alpha value is -2.89. The third-order valence-electron chi connectivity index (χ3n) is 3.35. The molecule has 0 aliphatic carbocycles. The highest BCUT2D eigenvalue weighted by Gasteiger charge is 2.15. The summed E-state index contributed by atoms with van der Waals surface area (Å²) in [6.07, 6.45) is 0. The minimum atomic E-state index is -0.243. The SMILES string of the molecule is CCOc1ccc(C(=O)Nc2cc(OC)c(OC)c(OC)c2)cc1. The van der Waals surface area contributed by atoms with E-state index in [1.165, 1.54) is 21.3 Å². The quantitative estimate of drug-likeness (QED) is 0.843. The molecule has 0 heterocycles. The Bertz CT molecular complexity index is 672. The third-order valence-corrected chi connectivity index (χ3v) is 3.35. The van der Waals surface area contributed by atoms with Gasteiger partial charge in [0.1, 0.15) is 5.75 Å². The van der Waals surface area contributed by atoms with Gasteiger partial charge in [-0.25, -0.2) is 0 Å². The van der Waals surface area contributed by atoms with Crippen molar-refractivity contribution in [2.75, 3.05) is 33.3 Å². The van der Waals surface area contributed by atoms with Gasteiger partial charge >= 0.3 is 0 Å². The molecule has 6 nitrogen and oxygen atoms in total. The van der Waals surface area contributed by atoms with Crippen LogP contribution in [-0.4, -0.2) is 33.8 Å². The average molecular weight is 331 g/mol. The Labute approximate surface area is 141 Å². The maximum Gasteiger partial charge on any atom is 0.255 e. The van der Waals surface area contributed by atoms with Gasteiger partial charge in [-0.2, -0.15) is 0 Å². The first-order chi connectivity index (χ1) is 11.6. The van der Waals surface area contributed by atoms with Crippen molar-refractivity contribution in [3.8, 4) is 23.0 Å². The van der Waals surface area contributed by atoms with E-state index in [0.29, 0.717) is 35.1 Å². The van der Waals surface area contributed by atoms with Crippen molar-refractivity contribution in [1.82, 2.24) is 0 Å². The van der Waals surface area contributed by atoms with E-state index in [4.69, 9.17) is 18.9 Å². The number of nitrogens with one attached hydrogen (secondary N) is 1. The number of methoxy groups -OCH3 is 3. The van der Waals surface area contributed by atoms with E-state index >= 15 is 0 Å². The molecule has 6 heteroatoms. The molecule has 0 bridgehead atoms. The first-order valence-electron chi connectivity index (χ1n) is 7.47. The number of hydrogen-bond donors (Lipinski definition) is 1. The lowest BCUT2D eigenvalue weighted by Gasteiger charge is -2.14. The van der Waals surface area contributed by atoms with E-state index in [1.807, 2.05) is 6.92 Å². The van der Waals surface area contributed by atoms with Crippen LogP contribution in [0.2, 0.25) is 0 Å². The fraction of sp³-hybridized carbons (Fsp3) is 0.278. The second-order valence-corrected chi connectivity index (χ2v) is 4.83. The zero-order valence-electron chi connectivity index (χ0n) is 14.2. The third kappa shape index (κ3) is 3.90. The summed E-state index contributed by atoms with van der Waals surface area (Å²) in [7, 11) is 4.57. The maximum atomic E-state index is 12.4. The Morgan fingerprint density at radius 3 is 2.00 bits per heavy atom. The standard InChI is InChI=1S/C18H21NO5/c1-5-24-14-8-6-12(7-9-14)18(20)19-13-10-15(21-2)17(23-4)16(11-13)22-3/h6-11H,5H2,1-4H3,(H,19,20). The number of carbonyl (C=O) groups excluding carboxylic acids is 1. The lowest BCUT2D eigenvalue weighted by atomic mass is 10.2. The van der Waals surface area contributed by atoms with Crippen LogP contribution in [0.1, 0.15) is 17.3 Å². The second kappa shape index (κ2) is 8.10. The van der Waals surface area contributed by atoms with Crippen LogP contribution in [0.15, 0.2) is 36.4 Å². The first kappa shape index (κ1) is 17.5. The molecule has 128 valence electrons. The topological polar surface area (TPSA) is 66.0 Å². The molecule has 0 fully saturated rings. The molecule has 0 radical (unpaired) electrons. The second-order valence-electron chi connectivity index (χ2n) is 4.83. The minimum absolute atomic E-state index is 0.243. The monoisotopic (exact) mass is 331 g/mol. The van der Waals surface area contributed by atoms with Crippen LogP contribution >= 0.6 is 0 Å². The molecule has 0 saturated heterocycles. The van der Waals surface area contributed by atoms with Crippen molar-refractivity contribution in [1.29, 1.82) is 0 Å². The average Bonchev–Trinajstić information content (AvgIpc) is 2.61. The molecule has 1 amide bonds. The molecule has 0 aliphatic rings. The van der Waals surface area contributed by atoms with E-state index < -0.39 is 0 Å². The molecule has 0 spiro atoms. The highest BCUT2D eigenvalue weighted by Crippen LogP contribution is 2.40. The molecule has 0 unspecified atom stereocenters. The van der Waals surface area contributed by atoms with E-state index in [9.17, 15) is 4.79 Å². The van der Waals surface area contributed by atoms with Gasteiger partial charge in [-0.15, -0.1) is 0 Å². The van der Waals surface area contributed by atoms with Gasteiger partial charge in [-0.1, -0.05) is 0 Å². The van der Waals surface area contributed by atoms with Crippen LogP contribution in [-0.2, 0) is 0 Å². The molecule has 0 aliphatic heterocycles. The van der Waals surface area contributed by atoms with Crippen molar-refractivity contribution in [2.45, 2.75) is 6.92 Å². The van der Waals surface area contributed by atoms with Crippen molar-refractivity contribution in [3.63, 3.8) is 0 Å². The molecule has 2 rings (SSSR count). The summed E-state index contributed by atoms with van der Waals surface area (Å²) in [5, 5.41) is 2.82. The molecule has 0 saturated carbocycles. The van der Waals surface area contributed by atoms with Gasteiger partial charge in [0.05, 0.1) is 27.9 Å². The van der Waals surface area contributed by atoms with Gasteiger partial charge in [-0.3, -0.25) is 4.79 Å². The van der Waals surface area contributed by atoms with Gasteiger partial charge in [0.25, 0.3) is 5.91 Å². The Morgan fingerprint density at radius 1 is 0.958 bits per heavy atom. The molecular formula is C18H21NO5. The summed E-state index contributed by atoms with van der Waals surface area (Å²) in [6.45, 7) is 2.49. The normalized spacial score (nSPS) is 10.0. The van der Waals surface area contributed by atoms with Crippen molar-refractivity contribution in [2.24, 2.45) is 0 Å². The summed E-state index contributed by atoms with van der Waals surface area (Å²) in [5.74, 6) is 1.89. The summed E-state index contributed by atoms with van der Waals surface area (Å²) in [6, 6.07) is 10.3. The summed E-state index contributed by atoms with van der Waals surface area (Å²) in [4.78, 5) is 12.4. The summed E-state index contributed by atoms with van der Waals surface area (Å²) in [5.41, 5.74) is 1.07. The van der Waals surface area contributed by atoms with Gasteiger partial charge in [0.2, 0.25) is 5.75 Å². The minimum Gasteiger partial charge on any atom is -0.494 e. The van der Waals surface area contributed by atoms with Crippen LogP contribution in [0, 0.1) is 0 Å². The number of benzene rings is 2. The lowest BCUT2D eigenvalue weighted by molar-refractivity contribution is 0.102. The van der Waals surface area contributed by atoms with Crippen molar-refractivity contribution >= 4 is 11.6 Å². The lowest BCUT2D eigenvalue weighted by Crippen LogP contribution is -2.12. The van der Waals surface area contributed by atoms with Crippen molar-refractivity contribution < 1.29 is 23.7 Å². The number of rotatable bonds is 7. The van der Waals surface area contributed by atoms with E-state index in [2.05, 4.69) is 5.32 Å². The number of anilines is 1. The van der Waals surface area contributed by atoms with Gasteiger partial charge in [0, 0.05) is 23.4 Å². The van der Waals surface area contributed by atoms with Crippen LogP contribution < -0.4 is 24.3 Å². The van der Waals surface area contributed by atoms with Crippen LogP contribution in [0.25, 0.3) is 0 Å². The van der Waals surface area contributed by atoms with E-state index in [-0.39, 0.29) is 5.91 Å². The number of amides is 1. The number of hydrogen-bond acceptors (Lipinski definition) is 5. The maximum absolute atomic E-state index is 12.4. The molecule has 24 heavy (non-hydrogen) atoms. The summed E-state index contributed by atoms with van der Waals surface area (Å²) < 4.78 is 21.2. The molecule has 1 N–H and O–H groups in total. The molecule has 2 aromatic rings. The number of ether oxygens (including phenoxy) is 4. The highest BCUT2D eigenvalue weighted by molar-refractivity contribution is 6.04. The predicted molar refractivity (Wildman–Crippen MR) is 91.7 cm³/mol. The Balaban J connectivity index is 2.22. The molecule has 2 aromatic carbocycles. The summed E-state index contributed by atoms with van der Waals surface area (Å²) >= 11 is 0. The van der Waals surface area contributed by atoms with E-state index in [0.717, 1.165) is 5.75 Å². The smallest absolute Gasteiger partial charge is 0.255 e. The predicted octanol–water partition coefficient (Wildman–Crippen LogP) is 3.36. The van der Waals surface area contributed by atoms with Crippen LogP contribution in [0.3, 0.4) is 0 Å². The molecular weight excluding hydrogens is 310 g/mol. The zero-order chi connectivity index (χ0) is 17.5. The van der Waals surface area contributed by atoms with Gasteiger partial charge in [0.15, 0.2) is 11.5 Å².